The molecule has 0 aliphatic heterocycles. The van der Waals surface area contributed by atoms with Crippen LogP contribution in [-0.4, -0.2) is 22.8 Å². The normalized spacial score (nSPS) is 12.3. The molecule has 5 heteroatoms. The smallest absolute Gasteiger partial charge is 0.191 e. The Morgan fingerprint density at radius 1 is 1.09 bits per heavy atom. The van der Waals surface area contributed by atoms with Crippen LogP contribution in [0.1, 0.15) is 37.6 Å². The molecule has 0 atom stereocenters. The summed E-state index contributed by atoms with van der Waals surface area (Å²) in [6.45, 7) is 8.12. The number of aryl methyl sites for hydroxylation is 1. The second-order valence-electron chi connectivity index (χ2n) is 6.67. The van der Waals surface area contributed by atoms with Gasteiger partial charge in [-0.3, -0.25) is 9.67 Å². The summed E-state index contributed by atoms with van der Waals surface area (Å²) in [6.07, 6.45) is 1.80. The average molecular weight is 313 g/mol. The van der Waals surface area contributed by atoms with Gasteiger partial charge in [0.2, 0.25) is 0 Å². The van der Waals surface area contributed by atoms with Crippen molar-refractivity contribution in [3.63, 3.8) is 0 Å². The Morgan fingerprint density at radius 2 is 1.74 bits per heavy atom. The summed E-state index contributed by atoms with van der Waals surface area (Å²) in [5.41, 5.74) is 3.89. The van der Waals surface area contributed by atoms with E-state index in [2.05, 4.69) is 65.8 Å². The van der Waals surface area contributed by atoms with Crippen LogP contribution in [0, 0.1) is 0 Å². The Balaban J connectivity index is 1.87. The first-order chi connectivity index (χ1) is 10.9. The topological polar surface area (TPSA) is 54.2 Å². The van der Waals surface area contributed by atoms with Crippen LogP contribution < -0.4 is 10.6 Å². The molecule has 124 valence electrons. The minimum absolute atomic E-state index is 0.187. The van der Waals surface area contributed by atoms with Crippen LogP contribution in [0.15, 0.2) is 41.5 Å². The first kappa shape index (κ1) is 17.1. The molecule has 1 aromatic carbocycles. The Labute approximate surface area is 138 Å². The van der Waals surface area contributed by atoms with Crippen LogP contribution in [0.2, 0.25) is 0 Å². The van der Waals surface area contributed by atoms with Gasteiger partial charge in [0.25, 0.3) is 0 Å². The largest absolute Gasteiger partial charge is 0.352 e. The van der Waals surface area contributed by atoms with Gasteiger partial charge in [-0.1, -0.05) is 45.0 Å². The molecule has 0 saturated carbocycles. The molecule has 23 heavy (non-hydrogen) atoms. The van der Waals surface area contributed by atoms with Crippen LogP contribution in [0.4, 0.5) is 0 Å². The highest BCUT2D eigenvalue weighted by molar-refractivity contribution is 5.79. The summed E-state index contributed by atoms with van der Waals surface area (Å²) in [4.78, 5) is 4.25. The highest BCUT2D eigenvalue weighted by Crippen LogP contribution is 2.22. The molecule has 0 fully saturated rings. The van der Waals surface area contributed by atoms with Gasteiger partial charge in [0.05, 0.1) is 12.2 Å². The van der Waals surface area contributed by atoms with Crippen molar-refractivity contribution < 1.29 is 0 Å². The number of guanidine groups is 1. The molecule has 0 unspecified atom stereocenters. The van der Waals surface area contributed by atoms with E-state index in [4.69, 9.17) is 0 Å². The van der Waals surface area contributed by atoms with Gasteiger partial charge in [-0.2, -0.15) is 5.10 Å². The molecule has 5 nitrogen and oxygen atoms in total. The lowest BCUT2D eigenvalue weighted by Gasteiger charge is -2.19. The third-order valence-electron chi connectivity index (χ3n) is 3.86. The zero-order valence-electron chi connectivity index (χ0n) is 14.7. The van der Waals surface area contributed by atoms with Crippen LogP contribution in [0.3, 0.4) is 0 Å². The summed E-state index contributed by atoms with van der Waals surface area (Å²) >= 11 is 0. The Bertz CT molecular complexity index is 647. The molecule has 0 saturated heterocycles. The lowest BCUT2D eigenvalue weighted by atomic mass is 9.87. The highest BCUT2D eigenvalue weighted by Gasteiger charge is 2.12. The van der Waals surface area contributed by atoms with E-state index < -0.39 is 0 Å². The van der Waals surface area contributed by atoms with Crippen molar-refractivity contribution in [1.82, 2.24) is 20.4 Å². The SMILES string of the molecule is CN=C(NCc1ccc(C(C)(C)C)cc1)NCc1ccnn1C. The molecule has 2 aromatic rings. The molecule has 0 bridgehead atoms. The maximum atomic E-state index is 4.25. The van der Waals surface area contributed by atoms with E-state index in [-0.39, 0.29) is 5.41 Å². The fraction of sp³-hybridized carbons (Fsp3) is 0.444. The van der Waals surface area contributed by atoms with E-state index in [0.717, 1.165) is 18.2 Å². The van der Waals surface area contributed by atoms with Crippen molar-refractivity contribution in [3.8, 4) is 0 Å². The molecule has 0 radical (unpaired) electrons. The fourth-order valence-electron chi connectivity index (χ4n) is 2.28. The molecule has 0 amide bonds. The molecule has 2 rings (SSSR count). The van der Waals surface area contributed by atoms with Crippen LogP contribution in [0.5, 0.6) is 0 Å². The Morgan fingerprint density at radius 3 is 2.26 bits per heavy atom. The summed E-state index contributed by atoms with van der Waals surface area (Å²) in [5.74, 6) is 0.783. The molecular weight excluding hydrogens is 286 g/mol. The Kier molecular flexibility index (Phi) is 5.42. The van der Waals surface area contributed by atoms with Crippen molar-refractivity contribution >= 4 is 5.96 Å². The lowest BCUT2D eigenvalue weighted by molar-refractivity contribution is 0.590. The zero-order chi connectivity index (χ0) is 16.9. The molecule has 0 spiro atoms. The Hall–Kier alpha value is -2.30. The highest BCUT2D eigenvalue weighted by atomic mass is 15.3. The fourth-order valence-corrected chi connectivity index (χ4v) is 2.28. The average Bonchev–Trinajstić information content (AvgIpc) is 2.92. The maximum Gasteiger partial charge on any atom is 0.191 e. The van der Waals surface area contributed by atoms with Gasteiger partial charge in [-0.15, -0.1) is 0 Å². The standard InChI is InChI=1S/C18H27N5/c1-18(2,3)15-8-6-14(7-9-15)12-20-17(19-4)21-13-16-10-11-22-23(16)5/h6-11H,12-13H2,1-5H3,(H2,19,20,21). The van der Waals surface area contributed by atoms with E-state index in [0.29, 0.717) is 6.54 Å². The van der Waals surface area contributed by atoms with Gasteiger partial charge < -0.3 is 10.6 Å². The van der Waals surface area contributed by atoms with Crippen molar-refractivity contribution in [3.05, 3.63) is 53.3 Å². The van der Waals surface area contributed by atoms with Gasteiger partial charge >= 0.3 is 0 Å². The molecule has 1 aromatic heterocycles. The number of nitrogens with one attached hydrogen (secondary N) is 2. The van der Waals surface area contributed by atoms with Gasteiger partial charge in [0.15, 0.2) is 5.96 Å². The monoisotopic (exact) mass is 313 g/mol. The minimum Gasteiger partial charge on any atom is -0.352 e. The molecular formula is C18H27N5. The third-order valence-corrected chi connectivity index (χ3v) is 3.86. The second kappa shape index (κ2) is 7.31. The predicted octanol–water partition coefficient (Wildman–Crippen LogP) is 2.58. The first-order valence-electron chi connectivity index (χ1n) is 7.91. The third kappa shape index (κ3) is 4.84. The number of aromatic nitrogens is 2. The lowest BCUT2D eigenvalue weighted by Crippen LogP contribution is -2.36. The van der Waals surface area contributed by atoms with E-state index in [1.165, 1.54) is 11.1 Å². The number of rotatable bonds is 4. The molecule has 2 N–H and O–H groups in total. The number of hydrogen-bond donors (Lipinski definition) is 2. The molecule has 1 heterocycles. The summed E-state index contributed by atoms with van der Waals surface area (Å²) < 4.78 is 1.85. The van der Waals surface area contributed by atoms with E-state index in [1.807, 2.05) is 17.8 Å². The second-order valence-corrected chi connectivity index (χ2v) is 6.67. The van der Waals surface area contributed by atoms with Crippen molar-refractivity contribution in [1.29, 1.82) is 0 Å². The summed E-state index contributed by atoms with van der Waals surface area (Å²) in [5, 5.41) is 10.8. The van der Waals surface area contributed by atoms with Gasteiger partial charge in [0, 0.05) is 26.8 Å². The van der Waals surface area contributed by atoms with Crippen LogP contribution >= 0.6 is 0 Å². The number of hydrogen-bond acceptors (Lipinski definition) is 2. The summed E-state index contributed by atoms with van der Waals surface area (Å²) in [7, 11) is 3.71. The minimum atomic E-state index is 0.187. The van der Waals surface area contributed by atoms with E-state index in [9.17, 15) is 0 Å². The van der Waals surface area contributed by atoms with Crippen molar-refractivity contribution in [2.24, 2.45) is 12.0 Å². The van der Waals surface area contributed by atoms with Gasteiger partial charge in [-0.25, -0.2) is 0 Å². The van der Waals surface area contributed by atoms with Gasteiger partial charge in [-0.05, 0) is 22.6 Å². The zero-order valence-corrected chi connectivity index (χ0v) is 14.7. The molecule has 0 aliphatic carbocycles. The van der Waals surface area contributed by atoms with E-state index in [1.54, 1.807) is 13.2 Å². The number of nitrogens with zero attached hydrogens (tertiary/aromatic N) is 3. The van der Waals surface area contributed by atoms with Crippen molar-refractivity contribution in [2.45, 2.75) is 39.3 Å². The number of benzene rings is 1. The van der Waals surface area contributed by atoms with Crippen LogP contribution in [-0.2, 0) is 25.6 Å². The first-order valence-corrected chi connectivity index (χ1v) is 7.91. The maximum absolute atomic E-state index is 4.25. The van der Waals surface area contributed by atoms with Crippen molar-refractivity contribution in [2.75, 3.05) is 7.05 Å². The number of aliphatic imine (C=N–C) groups is 1. The molecule has 0 aliphatic rings. The van der Waals surface area contributed by atoms with Gasteiger partial charge in [0.1, 0.15) is 0 Å². The van der Waals surface area contributed by atoms with E-state index >= 15 is 0 Å². The quantitative estimate of drug-likeness (QED) is 0.674. The predicted molar refractivity (Wildman–Crippen MR) is 95.4 cm³/mol. The van der Waals surface area contributed by atoms with Crippen LogP contribution in [0.25, 0.3) is 0 Å². The summed E-state index contributed by atoms with van der Waals surface area (Å²) in [6, 6.07) is 10.7.